The van der Waals surface area contributed by atoms with E-state index in [2.05, 4.69) is 112 Å². The number of benzene rings is 4. The lowest BCUT2D eigenvalue weighted by Crippen LogP contribution is -2.24. The summed E-state index contributed by atoms with van der Waals surface area (Å²) in [6, 6.07) is 36.2. The van der Waals surface area contributed by atoms with E-state index >= 15 is 0 Å². The molecule has 2 aromatic heterocycles. The van der Waals surface area contributed by atoms with Crippen LogP contribution in [0.15, 0.2) is 127 Å². The van der Waals surface area contributed by atoms with E-state index in [1.165, 1.54) is 32.7 Å². The van der Waals surface area contributed by atoms with Crippen LogP contribution < -0.4 is 5.32 Å². The van der Waals surface area contributed by atoms with Gasteiger partial charge in [0.05, 0.1) is 16.6 Å². The van der Waals surface area contributed by atoms with Crippen molar-refractivity contribution >= 4 is 38.5 Å². The summed E-state index contributed by atoms with van der Waals surface area (Å²) in [4.78, 5) is 5.07. The van der Waals surface area contributed by atoms with Crippen molar-refractivity contribution in [3.63, 3.8) is 0 Å². The summed E-state index contributed by atoms with van der Waals surface area (Å²) in [5.41, 5.74) is 5.86. The van der Waals surface area contributed by atoms with Crippen molar-refractivity contribution in [2.24, 2.45) is 4.99 Å². The van der Waals surface area contributed by atoms with E-state index < -0.39 is 0 Å². The highest BCUT2D eigenvalue weighted by molar-refractivity contribution is 6.20. The Morgan fingerprint density at radius 1 is 0.706 bits per heavy atom. The summed E-state index contributed by atoms with van der Waals surface area (Å²) >= 11 is 0. The first kappa shape index (κ1) is 18.9. The highest BCUT2D eigenvalue weighted by Crippen LogP contribution is 2.38. The van der Waals surface area contributed by atoms with Gasteiger partial charge >= 0.3 is 0 Å². The van der Waals surface area contributed by atoms with Gasteiger partial charge in [0, 0.05) is 39.8 Å². The number of hydrogen-bond acceptors (Lipinski definition) is 2. The number of aliphatic imine (C=N–C) groups is 1. The Morgan fingerprint density at radius 2 is 1.47 bits per heavy atom. The number of hydrogen-bond donors (Lipinski definition) is 1. The van der Waals surface area contributed by atoms with Crippen molar-refractivity contribution in [2.75, 3.05) is 0 Å². The van der Waals surface area contributed by atoms with Gasteiger partial charge in [0.2, 0.25) is 0 Å². The molecule has 1 aliphatic heterocycles. The first-order chi connectivity index (χ1) is 16.9. The van der Waals surface area contributed by atoms with Crippen molar-refractivity contribution in [1.82, 2.24) is 14.5 Å². The number of fused-ring (bicyclic) bond motifs is 5. The molecule has 1 aliphatic rings. The Morgan fingerprint density at radius 3 is 2.32 bits per heavy atom. The lowest BCUT2D eigenvalue weighted by Gasteiger charge is -2.20. The third-order valence-electron chi connectivity index (χ3n) is 6.61. The monoisotopic (exact) mass is 438 g/mol. The number of nitrogens with zero attached hydrogens (tertiary/aromatic N) is 3. The van der Waals surface area contributed by atoms with Crippen LogP contribution >= 0.6 is 0 Å². The summed E-state index contributed by atoms with van der Waals surface area (Å²) in [6.45, 7) is 0. The van der Waals surface area contributed by atoms with Crippen LogP contribution in [0, 0.1) is 0 Å². The Bertz CT molecular complexity index is 1720. The van der Waals surface area contributed by atoms with Gasteiger partial charge in [-0.1, -0.05) is 72.8 Å². The van der Waals surface area contributed by atoms with E-state index in [1.807, 2.05) is 24.4 Å². The Hall–Kier alpha value is -4.57. The second kappa shape index (κ2) is 7.49. The van der Waals surface area contributed by atoms with Crippen LogP contribution in [-0.4, -0.2) is 15.0 Å². The van der Waals surface area contributed by atoms with Crippen LogP contribution in [0.5, 0.6) is 0 Å². The van der Waals surface area contributed by atoms with Crippen molar-refractivity contribution < 1.29 is 0 Å². The predicted octanol–water partition coefficient (Wildman–Crippen LogP) is 6.80. The molecule has 0 aliphatic carbocycles. The smallest absolute Gasteiger partial charge is 0.147 e. The van der Waals surface area contributed by atoms with Crippen molar-refractivity contribution in [2.45, 2.75) is 6.17 Å². The maximum absolute atomic E-state index is 5.07. The van der Waals surface area contributed by atoms with Crippen molar-refractivity contribution in [3.8, 4) is 5.69 Å². The second-order valence-corrected chi connectivity index (χ2v) is 8.57. The number of para-hydroxylation sites is 2. The SMILES string of the molecule is C1=CC(n2ccc3ccc4c(c5ccccc5n4-c4ccccc4)c32)N=C(c2ccccc2)N1. The molecular weight excluding hydrogens is 416 g/mol. The zero-order chi connectivity index (χ0) is 22.5. The number of nitrogens with one attached hydrogen (secondary N) is 1. The fourth-order valence-electron chi connectivity index (χ4n) is 5.12. The summed E-state index contributed by atoms with van der Waals surface area (Å²) in [5, 5.41) is 7.04. The lowest BCUT2D eigenvalue weighted by molar-refractivity contribution is 0.646. The Balaban J connectivity index is 1.51. The molecule has 0 saturated carbocycles. The van der Waals surface area contributed by atoms with E-state index in [1.54, 1.807) is 0 Å². The average Bonchev–Trinajstić information content (AvgIpc) is 3.49. The molecule has 1 N–H and O–H groups in total. The van der Waals surface area contributed by atoms with Crippen LogP contribution in [0.25, 0.3) is 38.4 Å². The maximum Gasteiger partial charge on any atom is 0.147 e. The molecule has 3 heterocycles. The standard InChI is InChI=1S/C30H22N4/c1-3-9-22(10-4-1)30-31-19-17-27(32-30)33-20-18-21-15-16-26-28(29(21)33)24-13-7-8-14-25(24)34(26)23-11-5-2-6-12-23/h1-20,27H,(H,31,32). The topological polar surface area (TPSA) is 34.2 Å². The van der Waals surface area contributed by atoms with E-state index in [9.17, 15) is 0 Å². The average molecular weight is 439 g/mol. The molecule has 4 aromatic carbocycles. The van der Waals surface area contributed by atoms with Crippen LogP contribution in [0.1, 0.15) is 11.7 Å². The minimum atomic E-state index is -0.126. The zero-order valence-corrected chi connectivity index (χ0v) is 18.5. The van der Waals surface area contributed by atoms with Gasteiger partial charge < -0.3 is 14.5 Å². The molecular formula is C30H22N4. The first-order valence-corrected chi connectivity index (χ1v) is 11.5. The number of aromatic nitrogens is 2. The third kappa shape index (κ3) is 2.82. The number of rotatable bonds is 3. The normalized spacial score (nSPS) is 15.6. The minimum Gasteiger partial charge on any atom is -0.347 e. The fraction of sp³-hybridized carbons (Fsp3) is 0.0333. The van der Waals surface area contributed by atoms with Crippen LogP contribution in [0.2, 0.25) is 0 Å². The summed E-state index contributed by atoms with van der Waals surface area (Å²) in [6.07, 6.45) is 6.14. The highest BCUT2D eigenvalue weighted by Gasteiger charge is 2.20. The van der Waals surface area contributed by atoms with E-state index in [0.717, 1.165) is 17.1 Å². The van der Waals surface area contributed by atoms with Gasteiger partial charge in [-0.25, -0.2) is 4.99 Å². The molecule has 4 heteroatoms. The molecule has 4 nitrogen and oxygen atoms in total. The summed E-state index contributed by atoms with van der Waals surface area (Å²) in [5.74, 6) is 0.883. The van der Waals surface area contributed by atoms with Gasteiger partial charge in [0.25, 0.3) is 0 Å². The van der Waals surface area contributed by atoms with Gasteiger partial charge in [0.15, 0.2) is 0 Å². The van der Waals surface area contributed by atoms with Crippen LogP contribution in [0.4, 0.5) is 0 Å². The molecule has 0 spiro atoms. The quantitative estimate of drug-likeness (QED) is 0.324. The maximum atomic E-state index is 5.07. The van der Waals surface area contributed by atoms with Crippen LogP contribution in [0.3, 0.4) is 0 Å². The first-order valence-electron chi connectivity index (χ1n) is 11.5. The predicted molar refractivity (Wildman–Crippen MR) is 141 cm³/mol. The molecule has 34 heavy (non-hydrogen) atoms. The second-order valence-electron chi connectivity index (χ2n) is 8.57. The van der Waals surface area contributed by atoms with Gasteiger partial charge in [0.1, 0.15) is 12.0 Å². The molecule has 6 aromatic rings. The van der Waals surface area contributed by atoms with Crippen LogP contribution in [-0.2, 0) is 0 Å². The highest BCUT2D eigenvalue weighted by atomic mass is 15.2. The van der Waals surface area contributed by atoms with Gasteiger partial charge in [-0.05, 0) is 36.4 Å². The molecule has 0 fully saturated rings. The minimum absolute atomic E-state index is 0.126. The Kier molecular flexibility index (Phi) is 4.18. The zero-order valence-electron chi connectivity index (χ0n) is 18.5. The Labute approximate surface area is 197 Å². The van der Waals surface area contributed by atoms with E-state index in [4.69, 9.17) is 4.99 Å². The van der Waals surface area contributed by atoms with Crippen molar-refractivity contribution in [3.05, 3.63) is 127 Å². The molecule has 162 valence electrons. The molecule has 0 bridgehead atoms. The van der Waals surface area contributed by atoms with Gasteiger partial charge in [-0.2, -0.15) is 0 Å². The fourth-order valence-corrected chi connectivity index (χ4v) is 5.12. The van der Waals surface area contributed by atoms with Gasteiger partial charge in [-0.3, -0.25) is 0 Å². The van der Waals surface area contributed by atoms with E-state index in [0.29, 0.717) is 0 Å². The molecule has 7 rings (SSSR count). The molecule has 0 radical (unpaired) electrons. The van der Waals surface area contributed by atoms with Gasteiger partial charge in [-0.15, -0.1) is 0 Å². The summed E-state index contributed by atoms with van der Waals surface area (Å²) in [7, 11) is 0. The molecule has 1 atom stereocenters. The molecule has 1 unspecified atom stereocenters. The summed E-state index contributed by atoms with van der Waals surface area (Å²) < 4.78 is 4.65. The molecule has 0 saturated heterocycles. The number of amidine groups is 1. The third-order valence-corrected chi connectivity index (χ3v) is 6.61. The van der Waals surface area contributed by atoms with Crippen molar-refractivity contribution in [1.29, 1.82) is 0 Å². The van der Waals surface area contributed by atoms with E-state index in [-0.39, 0.29) is 6.17 Å². The molecule has 0 amide bonds. The largest absolute Gasteiger partial charge is 0.347 e. The lowest BCUT2D eigenvalue weighted by atomic mass is 10.1.